The zero-order chi connectivity index (χ0) is 19.1. The van der Waals surface area contributed by atoms with E-state index in [4.69, 9.17) is 14.9 Å². The molecule has 2 aromatic heterocycles. The maximum atomic E-state index is 8.86. The van der Waals surface area contributed by atoms with Gasteiger partial charge in [0.25, 0.3) is 0 Å². The van der Waals surface area contributed by atoms with Gasteiger partial charge in [-0.2, -0.15) is 10.5 Å². The number of fused-ring (bicyclic) bond motifs is 1. The van der Waals surface area contributed by atoms with E-state index in [9.17, 15) is 0 Å². The van der Waals surface area contributed by atoms with Gasteiger partial charge in [-0.25, -0.2) is 4.98 Å². The first kappa shape index (κ1) is 19.7. The Balaban J connectivity index is 0.000000221. The minimum atomic E-state index is 0.312. The molecule has 0 amide bonds. The molecular weight excluding hydrogens is 406 g/mol. The number of pyridine rings is 1. The minimum absolute atomic E-state index is 0.312. The van der Waals surface area contributed by atoms with Crippen LogP contribution >= 0.6 is 15.9 Å². The SMILES string of the molecule is N#CC1CCNCC1.N#Cc1cc2c(Br)c(NC3CCCCC3)ncc2o1. The highest BCUT2D eigenvalue weighted by Gasteiger charge is 2.17. The quantitative estimate of drug-likeness (QED) is 0.716. The van der Waals surface area contributed by atoms with Crippen molar-refractivity contribution in [3.8, 4) is 12.1 Å². The maximum absolute atomic E-state index is 8.86. The van der Waals surface area contributed by atoms with Gasteiger partial charge in [0, 0.05) is 23.4 Å². The van der Waals surface area contributed by atoms with Crippen molar-refractivity contribution in [2.45, 2.75) is 51.0 Å². The van der Waals surface area contributed by atoms with Crippen molar-refractivity contribution in [3.05, 3.63) is 22.5 Å². The number of piperidine rings is 1. The Bertz CT molecular complexity index is 838. The van der Waals surface area contributed by atoms with Crippen molar-refractivity contribution >= 4 is 32.7 Å². The van der Waals surface area contributed by atoms with Crippen molar-refractivity contribution < 1.29 is 4.42 Å². The molecule has 142 valence electrons. The molecule has 3 heterocycles. The number of aromatic nitrogens is 1. The van der Waals surface area contributed by atoms with E-state index in [2.05, 4.69) is 37.6 Å². The van der Waals surface area contributed by atoms with Gasteiger partial charge in [-0.3, -0.25) is 0 Å². The van der Waals surface area contributed by atoms with E-state index in [0.29, 0.717) is 23.3 Å². The molecule has 0 atom stereocenters. The Labute approximate surface area is 168 Å². The second-order valence-corrected chi connectivity index (χ2v) is 7.85. The van der Waals surface area contributed by atoms with Gasteiger partial charge in [-0.1, -0.05) is 19.3 Å². The van der Waals surface area contributed by atoms with Crippen LogP contribution in [-0.4, -0.2) is 24.1 Å². The van der Waals surface area contributed by atoms with Gasteiger partial charge in [0.15, 0.2) is 5.58 Å². The summed E-state index contributed by atoms with van der Waals surface area (Å²) in [6.07, 6.45) is 10.0. The van der Waals surface area contributed by atoms with Crippen LogP contribution in [0.4, 0.5) is 5.82 Å². The lowest BCUT2D eigenvalue weighted by atomic mass is 9.95. The summed E-state index contributed by atoms with van der Waals surface area (Å²) in [5.41, 5.74) is 0.637. The lowest BCUT2D eigenvalue weighted by molar-refractivity contribution is 0.444. The van der Waals surface area contributed by atoms with Crippen LogP contribution in [0.3, 0.4) is 0 Å². The number of nitrogens with zero attached hydrogens (tertiary/aromatic N) is 3. The maximum Gasteiger partial charge on any atom is 0.204 e. The molecule has 2 N–H and O–H groups in total. The van der Waals surface area contributed by atoms with Crippen LogP contribution in [0.1, 0.15) is 50.7 Å². The molecule has 27 heavy (non-hydrogen) atoms. The summed E-state index contributed by atoms with van der Waals surface area (Å²) in [5.74, 6) is 1.48. The number of halogens is 1. The molecule has 0 unspecified atom stereocenters. The summed E-state index contributed by atoms with van der Waals surface area (Å²) in [7, 11) is 0. The Morgan fingerprint density at radius 2 is 1.89 bits per heavy atom. The van der Waals surface area contributed by atoms with Gasteiger partial charge in [0.2, 0.25) is 5.76 Å². The molecule has 0 bridgehead atoms. The normalized spacial score (nSPS) is 18.2. The fraction of sp³-hybridized carbons (Fsp3) is 0.550. The highest BCUT2D eigenvalue weighted by atomic mass is 79.9. The van der Waals surface area contributed by atoms with Crippen molar-refractivity contribution in [1.82, 2.24) is 10.3 Å². The first-order valence-electron chi connectivity index (χ1n) is 9.56. The third-order valence-corrected chi connectivity index (χ3v) is 5.90. The van der Waals surface area contributed by atoms with E-state index in [1.165, 1.54) is 32.1 Å². The molecular formula is C20H24BrN5O. The standard InChI is InChI=1S/C14H14BrN3O.C6H10N2/c15-13-11-6-10(7-16)19-12(11)8-17-14(13)18-9-4-2-1-3-5-9;7-5-6-1-3-8-4-2-6/h6,8-9H,1-5H2,(H,17,18);6,8H,1-4H2. The first-order valence-corrected chi connectivity index (χ1v) is 10.4. The number of nitriles is 2. The fourth-order valence-electron chi connectivity index (χ4n) is 3.53. The van der Waals surface area contributed by atoms with E-state index in [0.717, 1.165) is 41.6 Å². The molecule has 6 nitrogen and oxygen atoms in total. The molecule has 0 aromatic carbocycles. The van der Waals surface area contributed by atoms with Crippen molar-refractivity contribution in [1.29, 1.82) is 10.5 Å². The molecule has 2 aromatic rings. The molecule has 2 fully saturated rings. The van der Waals surface area contributed by atoms with E-state index < -0.39 is 0 Å². The van der Waals surface area contributed by atoms with Crippen LogP contribution in [0.15, 0.2) is 21.2 Å². The van der Waals surface area contributed by atoms with Gasteiger partial charge < -0.3 is 15.1 Å². The van der Waals surface area contributed by atoms with Crippen LogP contribution in [0.5, 0.6) is 0 Å². The first-order chi connectivity index (χ1) is 13.2. The number of nitrogens with one attached hydrogen (secondary N) is 2. The highest BCUT2D eigenvalue weighted by molar-refractivity contribution is 9.10. The largest absolute Gasteiger partial charge is 0.444 e. The molecule has 1 saturated carbocycles. The summed E-state index contributed by atoms with van der Waals surface area (Å²) in [6, 6.07) is 6.51. The third-order valence-electron chi connectivity index (χ3n) is 5.09. The Morgan fingerprint density at radius 3 is 2.52 bits per heavy atom. The Morgan fingerprint density at radius 1 is 1.15 bits per heavy atom. The average molecular weight is 430 g/mol. The Hall–Kier alpha value is -2.09. The van der Waals surface area contributed by atoms with Gasteiger partial charge in [-0.05, 0) is 54.7 Å². The lowest BCUT2D eigenvalue weighted by Crippen LogP contribution is -2.26. The molecule has 0 spiro atoms. The van der Waals surface area contributed by atoms with Gasteiger partial charge in [0.1, 0.15) is 11.9 Å². The molecule has 1 aliphatic carbocycles. The zero-order valence-electron chi connectivity index (χ0n) is 15.3. The predicted molar refractivity (Wildman–Crippen MR) is 108 cm³/mol. The number of rotatable bonds is 2. The van der Waals surface area contributed by atoms with Crippen LogP contribution in [0.2, 0.25) is 0 Å². The smallest absolute Gasteiger partial charge is 0.204 e. The summed E-state index contributed by atoms with van der Waals surface area (Å²) < 4.78 is 6.24. The van der Waals surface area contributed by atoms with Crippen molar-refractivity contribution in [2.75, 3.05) is 18.4 Å². The molecule has 0 radical (unpaired) electrons. The summed E-state index contributed by atoms with van der Waals surface area (Å²) in [6.45, 7) is 2.05. The monoisotopic (exact) mass is 429 g/mol. The van der Waals surface area contributed by atoms with E-state index in [1.807, 2.05) is 6.07 Å². The molecule has 4 rings (SSSR count). The van der Waals surface area contributed by atoms with E-state index >= 15 is 0 Å². The average Bonchev–Trinajstić information content (AvgIpc) is 3.16. The van der Waals surface area contributed by atoms with Gasteiger partial charge in [-0.15, -0.1) is 0 Å². The number of anilines is 1. The number of furan rings is 1. The lowest BCUT2D eigenvalue weighted by Gasteiger charge is -2.23. The van der Waals surface area contributed by atoms with Gasteiger partial charge >= 0.3 is 0 Å². The van der Waals surface area contributed by atoms with Crippen LogP contribution in [-0.2, 0) is 0 Å². The highest BCUT2D eigenvalue weighted by Crippen LogP contribution is 2.33. The number of hydrogen-bond acceptors (Lipinski definition) is 6. The van der Waals surface area contributed by atoms with Crippen LogP contribution in [0, 0.1) is 28.6 Å². The van der Waals surface area contributed by atoms with Crippen molar-refractivity contribution in [3.63, 3.8) is 0 Å². The summed E-state index contributed by atoms with van der Waals surface area (Å²) in [4.78, 5) is 4.39. The molecule has 2 aliphatic rings. The number of hydrogen-bond donors (Lipinski definition) is 2. The summed E-state index contributed by atoms with van der Waals surface area (Å²) >= 11 is 3.56. The van der Waals surface area contributed by atoms with Crippen molar-refractivity contribution in [2.24, 2.45) is 5.92 Å². The van der Waals surface area contributed by atoms with E-state index in [-0.39, 0.29) is 0 Å². The topological polar surface area (TPSA) is 97.7 Å². The second-order valence-electron chi connectivity index (χ2n) is 7.05. The summed E-state index contributed by atoms with van der Waals surface area (Å²) in [5, 5.41) is 24.9. The second kappa shape index (κ2) is 9.73. The predicted octanol–water partition coefficient (Wildman–Crippen LogP) is 4.72. The Kier molecular flexibility index (Phi) is 7.09. The fourth-order valence-corrected chi connectivity index (χ4v) is 4.05. The van der Waals surface area contributed by atoms with E-state index in [1.54, 1.807) is 12.3 Å². The molecule has 1 aliphatic heterocycles. The van der Waals surface area contributed by atoms with Crippen LogP contribution < -0.4 is 10.6 Å². The zero-order valence-corrected chi connectivity index (χ0v) is 16.9. The molecule has 7 heteroatoms. The van der Waals surface area contributed by atoms with Gasteiger partial charge in [0.05, 0.1) is 16.7 Å². The van der Waals surface area contributed by atoms with Crippen LogP contribution in [0.25, 0.3) is 11.0 Å². The minimum Gasteiger partial charge on any atom is -0.444 e. The molecule has 1 saturated heterocycles. The third kappa shape index (κ3) is 5.22.